The minimum absolute atomic E-state index is 0.182. The zero-order chi connectivity index (χ0) is 26.9. The monoisotopic (exact) mass is 657 g/mol. The summed E-state index contributed by atoms with van der Waals surface area (Å²) in [5.41, 5.74) is 0. The molecule has 0 bridgehead atoms. The van der Waals surface area contributed by atoms with Crippen molar-refractivity contribution in [1.82, 2.24) is 5.32 Å². The minimum atomic E-state index is -0.349. The molecule has 0 atom stereocenters. The molecule has 0 saturated heterocycles. The van der Waals surface area contributed by atoms with Crippen LogP contribution in [0, 0.1) is 0 Å². The molecule has 0 aliphatic rings. The molecule has 0 heterocycles. The van der Waals surface area contributed by atoms with Gasteiger partial charge in [-0.2, -0.15) is 21.5 Å². The van der Waals surface area contributed by atoms with E-state index in [2.05, 4.69) is 20.2 Å². The zero-order valence-corrected chi connectivity index (χ0v) is 26.8. The standard InChI is InChI=1S/C20H39N3O7S7/c1-21-14-29-27-7-13-35-19-37-18-34-11-5-26-20(25)23-3-9-33-17-36-16-32-8-2-22-15-30-28-6-12-31-10-4-24/h14-15,24H,2-13,16-19H2,1H3,(H,23,25)/b21-14+,22-15+. The summed E-state index contributed by atoms with van der Waals surface area (Å²) in [5, 5.41) is 15.4. The number of carbonyl (C=O) groups is 1. The fraction of sp³-hybridized carbons (Fsp3) is 0.850. The van der Waals surface area contributed by atoms with Gasteiger partial charge < -0.3 is 24.9 Å². The zero-order valence-electron chi connectivity index (χ0n) is 21.1. The average molecular weight is 658 g/mol. The van der Waals surface area contributed by atoms with Crippen LogP contribution in [0.5, 0.6) is 0 Å². The first-order chi connectivity index (χ1) is 18.3. The summed E-state index contributed by atoms with van der Waals surface area (Å²) in [6.07, 6.45) is 2.25. The topological polar surface area (TPSA) is 120 Å². The van der Waals surface area contributed by atoms with Crippen LogP contribution in [0.3, 0.4) is 0 Å². The van der Waals surface area contributed by atoms with Crippen molar-refractivity contribution in [2.75, 3.05) is 101 Å². The lowest BCUT2D eigenvalue weighted by atomic mass is 10.7. The summed E-state index contributed by atoms with van der Waals surface area (Å²) in [4.78, 5) is 38.8. The fourth-order valence-corrected chi connectivity index (χ4v) is 8.69. The van der Waals surface area contributed by atoms with E-state index in [0.717, 1.165) is 49.1 Å². The highest BCUT2D eigenvalue weighted by atomic mass is 32.2. The van der Waals surface area contributed by atoms with Crippen molar-refractivity contribution < 1.29 is 34.2 Å². The molecule has 0 aromatic heterocycles. The number of aliphatic imine (C=N–C) groups is 2. The molecular weight excluding hydrogens is 619 g/mol. The molecule has 0 rings (SSSR count). The first kappa shape index (κ1) is 37.5. The Bertz CT molecular complexity index is 545. The Morgan fingerprint density at radius 2 is 1.35 bits per heavy atom. The third-order valence-electron chi connectivity index (χ3n) is 3.27. The van der Waals surface area contributed by atoms with Gasteiger partial charge in [0.2, 0.25) is 12.8 Å². The Kier molecular flexibility index (Phi) is 35.1. The second-order valence-corrected chi connectivity index (χ2v) is 15.2. The van der Waals surface area contributed by atoms with Crippen LogP contribution in [0.4, 0.5) is 4.79 Å². The molecule has 0 aromatic carbocycles. The first-order valence-corrected chi connectivity index (χ1v) is 19.4. The van der Waals surface area contributed by atoms with Crippen molar-refractivity contribution in [3.63, 3.8) is 0 Å². The van der Waals surface area contributed by atoms with Gasteiger partial charge >= 0.3 is 6.09 Å². The van der Waals surface area contributed by atoms with E-state index in [1.165, 1.54) is 12.8 Å². The van der Waals surface area contributed by atoms with Gasteiger partial charge in [0.1, 0.15) is 19.8 Å². The van der Waals surface area contributed by atoms with Crippen LogP contribution in [-0.4, -0.2) is 125 Å². The van der Waals surface area contributed by atoms with Crippen LogP contribution in [0.15, 0.2) is 9.98 Å². The minimum Gasteiger partial charge on any atom is -0.449 e. The third kappa shape index (κ3) is 34.5. The highest BCUT2D eigenvalue weighted by molar-refractivity contribution is 8.23. The largest absolute Gasteiger partial charge is 0.449 e. The molecule has 0 aromatic rings. The molecule has 0 fully saturated rings. The Hall–Kier alpha value is 0.540. The number of hydrogen-bond donors (Lipinski definition) is 2. The average Bonchev–Trinajstić information content (AvgIpc) is 2.90. The normalized spacial score (nSPS) is 11.4. The lowest BCUT2D eigenvalue weighted by Crippen LogP contribution is -2.27. The second-order valence-electron chi connectivity index (χ2n) is 6.12. The second kappa shape index (κ2) is 34.6. The van der Waals surface area contributed by atoms with Crippen molar-refractivity contribution in [2.45, 2.75) is 0 Å². The number of alkyl carbamates (subject to hydrolysis) is 1. The van der Waals surface area contributed by atoms with Crippen molar-refractivity contribution in [1.29, 1.82) is 0 Å². The van der Waals surface area contributed by atoms with Gasteiger partial charge in [0.05, 0.1) is 13.2 Å². The molecule has 218 valence electrons. The highest BCUT2D eigenvalue weighted by Gasteiger charge is 2.01. The van der Waals surface area contributed by atoms with Crippen LogP contribution in [0.25, 0.3) is 0 Å². The summed E-state index contributed by atoms with van der Waals surface area (Å²) in [5.74, 6) is 4.93. The van der Waals surface area contributed by atoms with Gasteiger partial charge in [0.25, 0.3) is 0 Å². The molecular formula is C20H39N3O7S7. The lowest BCUT2D eigenvalue weighted by molar-refractivity contribution is -0.210. The van der Waals surface area contributed by atoms with Crippen LogP contribution in [0.2, 0.25) is 0 Å². The number of amides is 1. The Balaban J connectivity index is 3.19. The van der Waals surface area contributed by atoms with Crippen molar-refractivity contribution in [3.8, 4) is 0 Å². The number of carbonyl (C=O) groups excluding carboxylic acids is 1. The highest BCUT2D eigenvalue weighted by Crippen LogP contribution is 2.18. The number of ether oxygens (including phenoxy) is 1. The van der Waals surface area contributed by atoms with E-state index in [1.54, 1.807) is 54.1 Å². The summed E-state index contributed by atoms with van der Waals surface area (Å²) >= 11 is 12.5. The molecule has 0 saturated carbocycles. The van der Waals surface area contributed by atoms with E-state index in [9.17, 15) is 4.79 Å². The number of nitrogens with one attached hydrogen (secondary N) is 1. The predicted octanol–water partition coefficient (Wildman–Crippen LogP) is 4.25. The summed E-state index contributed by atoms with van der Waals surface area (Å²) in [6, 6.07) is 0. The van der Waals surface area contributed by atoms with Crippen molar-refractivity contribution in [2.24, 2.45) is 9.98 Å². The fourth-order valence-electron chi connectivity index (χ4n) is 1.76. The molecule has 0 aliphatic carbocycles. The summed E-state index contributed by atoms with van der Waals surface area (Å²) in [7, 11) is 1.62. The smallest absolute Gasteiger partial charge is 0.407 e. The molecule has 0 radical (unpaired) electrons. The predicted molar refractivity (Wildman–Crippen MR) is 170 cm³/mol. The molecule has 37 heavy (non-hydrogen) atoms. The Morgan fingerprint density at radius 1 is 0.757 bits per heavy atom. The van der Waals surface area contributed by atoms with Gasteiger partial charge in [-0.3, -0.25) is 9.98 Å². The van der Waals surface area contributed by atoms with E-state index in [0.29, 0.717) is 38.7 Å². The van der Waals surface area contributed by atoms with Crippen LogP contribution in [0.1, 0.15) is 0 Å². The maximum atomic E-state index is 11.7. The van der Waals surface area contributed by atoms with Gasteiger partial charge in [-0.25, -0.2) is 4.79 Å². The number of aliphatic hydroxyl groups is 1. The quantitative estimate of drug-likeness (QED) is 0.0298. The first-order valence-electron chi connectivity index (χ1n) is 11.3. The lowest BCUT2D eigenvalue weighted by Gasteiger charge is -2.07. The maximum absolute atomic E-state index is 11.7. The number of rotatable bonds is 29. The van der Waals surface area contributed by atoms with Gasteiger partial charge in [0, 0.05) is 68.4 Å². The number of thioether (sulfide) groups is 7. The molecule has 0 spiro atoms. The van der Waals surface area contributed by atoms with E-state index in [1.807, 2.05) is 35.3 Å². The molecule has 17 heteroatoms. The van der Waals surface area contributed by atoms with Crippen molar-refractivity contribution >= 4 is 101 Å². The van der Waals surface area contributed by atoms with E-state index in [-0.39, 0.29) is 12.7 Å². The number of nitrogens with zero attached hydrogens (tertiary/aromatic N) is 2. The van der Waals surface area contributed by atoms with Crippen LogP contribution >= 0.6 is 82.3 Å². The van der Waals surface area contributed by atoms with Crippen LogP contribution in [-0.2, 0) is 24.3 Å². The van der Waals surface area contributed by atoms with E-state index in [4.69, 9.17) is 24.5 Å². The molecule has 0 aliphatic heterocycles. The maximum Gasteiger partial charge on any atom is 0.407 e. The Labute approximate surface area is 250 Å². The van der Waals surface area contributed by atoms with Gasteiger partial charge in [-0.05, 0) is 0 Å². The molecule has 1 amide bonds. The van der Waals surface area contributed by atoms with Gasteiger partial charge in [-0.15, -0.1) is 70.6 Å². The summed E-state index contributed by atoms with van der Waals surface area (Å²) < 4.78 is 5.19. The van der Waals surface area contributed by atoms with E-state index < -0.39 is 0 Å². The number of aliphatic hydroxyl groups excluding tert-OH is 1. The van der Waals surface area contributed by atoms with Gasteiger partial charge in [0.15, 0.2) is 0 Å². The third-order valence-corrected chi connectivity index (χ3v) is 11.4. The molecule has 2 N–H and O–H groups in total. The molecule has 10 nitrogen and oxygen atoms in total. The van der Waals surface area contributed by atoms with Crippen LogP contribution < -0.4 is 5.32 Å². The number of hydrogen-bond acceptors (Lipinski definition) is 16. The van der Waals surface area contributed by atoms with Gasteiger partial charge in [-0.1, -0.05) is 0 Å². The van der Waals surface area contributed by atoms with Crippen molar-refractivity contribution in [3.05, 3.63) is 0 Å². The van der Waals surface area contributed by atoms with E-state index >= 15 is 0 Å². The molecule has 0 unspecified atom stereocenters. The SMILES string of the molecule is C/N=C/OOCCSCSCSCCOC(=O)NCCSCSCSCC/N=C/OOCCSCCO. The summed E-state index contributed by atoms with van der Waals surface area (Å²) in [6.45, 7) is 2.89. The Morgan fingerprint density at radius 3 is 2.03 bits per heavy atom.